The second-order valence-corrected chi connectivity index (χ2v) is 2.91. The lowest BCUT2D eigenvalue weighted by Gasteiger charge is -2.03. The smallest absolute Gasteiger partial charge is 0.242 e. The van der Waals surface area contributed by atoms with Gasteiger partial charge in [0.1, 0.15) is 0 Å². The summed E-state index contributed by atoms with van der Waals surface area (Å²) in [7, 11) is 0. The summed E-state index contributed by atoms with van der Waals surface area (Å²) >= 11 is 0. The molecule has 0 spiro atoms. The molecule has 1 rings (SSSR count). The number of aryl methyl sites for hydroxylation is 1. The molecule has 0 bridgehead atoms. The summed E-state index contributed by atoms with van der Waals surface area (Å²) in [5.74, 6) is 0.299. The van der Waals surface area contributed by atoms with Crippen molar-refractivity contribution >= 4 is 11.7 Å². The van der Waals surface area contributed by atoms with Gasteiger partial charge in [-0.3, -0.25) is 9.89 Å². The van der Waals surface area contributed by atoms with Gasteiger partial charge < -0.3 is 11.1 Å². The molecule has 0 fully saturated rings. The van der Waals surface area contributed by atoms with Crippen molar-refractivity contribution in [2.24, 2.45) is 5.73 Å². The number of amides is 1. The van der Waals surface area contributed by atoms with Crippen LogP contribution in [0.25, 0.3) is 0 Å². The Bertz CT molecular complexity index is 292. The van der Waals surface area contributed by atoms with Crippen LogP contribution in [0.15, 0.2) is 6.07 Å². The molecule has 1 amide bonds. The molecule has 1 aromatic rings. The molecule has 0 aromatic carbocycles. The van der Waals surface area contributed by atoms with Gasteiger partial charge in [-0.25, -0.2) is 0 Å². The Morgan fingerprint density at radius 2 is 2.54 bits per heavy atom. The van der Waals surface area contributed by atoms with Crippen molar-refractivity contribution in [1.82, 2.24) is 10.2 Å². The average Bonchev–Trinajstić information content (AvgIpc) is 2.52. The highest BCUT2D eigenvalue weighted by Gasteiger charge is 2.08. The molecular formula is C8H14N4O. The standard InChI is InChI=1S/C8H14N4O/c1-3-6-4-7(12-11-6)10-8(13)5(2)9/h4-5H,3,9H2,1-2H3,(H2,10,11,12,13)/t5-/m0/s1. The van der Waals surface area contributed by atoms with Crippen LogP contribution < -0.4 is 11.1 Å². The van der Waals surface area contributed by atoms with Crippen LogP contribution >= 0.6 is 0 Å². The number of rotatable bonds is 3. The van der Waals surface area contributed by atoms with Gasteiger partial charge in [-0.15, -0.1) is 0 Å². The summed E-state index contributed by atoms with van der Waals surface area (Å²) in [4.78, 5) is 11.1. The molecule has 13 heavy (non-hydrogen) atoms. The maximum absolute atomic E-state index is 11.1. The minimum atomic E-state index is -0.512. The van der Waals surface area contributed by atoms with Crippen molar-refractivity contribution < 1.29 is 4.79 Å². The number of aromatic amines is 1. The number of anilines is 1. The molecule has 1 heterocycles. The Balaban J connectivity index is 2.59. The van der Waals surface area contributed by atoms with Crippen LogP contribution in [0.1, 0.15) is 19.5 Å². The van der Waals surface area contributed by atoms with Gasteiger partial charge in [-0.05, 0) is 13.3 Å². The van der Waals surface area contributed by atoms with E-state index in [1.165, 1.54) is 0 Å². The summed E-state index contributed by atoms with van der Waals surface area (Å²) in [6.07, 6.45) is 0.862. The molecule has 1 aromatic heterocycles. The van der Waals surface area contributed by atoms with Crippen LogP contribution in [0.4, 0.5) is 5.82 Å². The van der Waals surface area contributed by atoms with Crippen LogP contribution in [-0.4, -0.2) is 22.1 Å². The van der Waals surface area contributed by atoms with E-state index in [1.807, 2.05) is 6.92 Å². The first-order valence-corrected chi connectivity index (χ1v) is 4.24. The second-order valence-electron chi connectivity index (χ2n) is 2.91. The first-order chi connectivity index (χ1) is 6.13. The van der Waals surface area contributed by atoms with Crippen LogP contribution in [0.3, 0.4) is 0 Å². The largest absolute Gasteiger partial charge is 0.320 e. The fourth-order valence-electron chi connectivity index (χ4n) is 0.847. The number of aromatic nitrogens is 2. The highest BCUT2D eigenvalue weighted by molar-refractivity contribution is 5.93. The quantitative estimate of drug-likeness (QED) is 0.626. The van der Waals surface area contributed by atoms with Gasteiger partial charge in [0.05, 0.1) is 6.04 Å². The van der Waals surface area contributed by atoms with Gasteiger partial charge in [0.2, 0.25) is 5.91 Å². The Morgan fingerprint density at radius 3 is 3.00 bits per heavy atom. The van der Waals surface area contributed by atoms with Crippen molar-refractivity contribution in [2.75, 3.05) is 5.32 Å². The van der Waals surface area contributed by atoms with E-state index >= 15 is 0 Å². The first kappa shape index (κ1) is 9.73. The number of carbonyl (C=O) groups is 1. The van der Waals surface area contributed by atoms with Gasteiger partial charge in [-0.2, -0.15) is 5.10 Å². The van der Waals surface area contributed by atoms with Crippen molar-refractivity contribution in [3.63, 3.8) is 0 Å². The lowest BCUT2D eigenvalue weighted by molar-refractivity contribution is -0.117. The molecule has 0 aliphatic rings. The lowest BCUT2D eigenvalue weighted by atomic mass is 10.3. The average molecular weight is 182 g/mol. The molecule has 5 nitrogen and oxygen atoms in total. The molecule has 1 atom stereocenters. The third-order valence-corrected chi connectivity index (χ3v) is 1.68. The van der Waals surface area contributed by atoms with Gasteiger partial charge in [0.25, 0.3) is 0 Å². The molecular weight excluding hydrogens is 168 g/mol. The molecule has 0 radical (unpaired) electrons. The Labute approximate surface area is 76.7 Å². The van der Waals surface area contributed by atoms with E-state index < -0.39 is 6.04 Å². The summed E-state index contributed by atoms with van der Waals surface area (Å²) in [6, 6.07) is 1.28. The van der Waals surface area contributed by atoms with E-state index in [-0.39, 0.29) is 5.91 Å². The SMILES string of the molecule is CCc1cc(NC(=O)[C@H](C)N)n[nH]1. The zero-order valence-electron chi connectivity index (χ0n) is 7.79. The maximum atomic E-state index is 11.1. The number of nitrogens with one attached hydrogen (secondary N) is 2. The van der Waals surface area contributed by atoms with Crippen molar-refractivity contribution in [3.05, 3.63) is 11.8 Å². The van der Waals surface area contributed by atoms with Crippen LogP contribution in [0.2, 0.25) is 0 Å². The molecule has 0 unspecified atom stereocenters. The molecule has 0 aliphatic carbocycles. The van der Waals surface area contributed by atoms with Crippen molar-refractivity contribution in [1.29, 1.82) is 0 Å². The van der Waals surface area contributed by atoms with E-state index in [0.717, 1.165) is 12.1 Å². The zero-order chi connectivity index (χ0) is 9.84. The lowest BCUT2D eigenvalue weighted by Crippen LogP contribution is -2.32. The summed E-state index contributed by atoms with van der Waals surface area (Å²) in [6.45, 7) is 3.63. The number of H-pyrrole nitrogens is 1. The predicted molar refractivity (Wildman–Crippen MR) is 50.2 cm³/mol. The number of hydrogen-bond acceptors (Lipinski definition) is 3. The van der Waals surface area contributed by atoms with Crippen LogP contribution in [0, 0.1) is 0 Å². The monoisotopic (exact) mass is 182 g/mol. The van der Waals surface area contributed by atoms with E-state index in [4.69, 9.17) is 5.73 Å². The van der Waals surface area contributed by atoms with E-state index in [1.54, 1.807) is 13.0 Å². The highest BCUT2D eigenvalue weighted by atomic mass is 16.2. The molecule has 5 heteroatoms. The molecule has 0 aliphatic heterocycles. The van der Waals surface area contributed by atoms with Crippen LogP contribution in [0.5, 0.6) is 0 Å². The predicted octanol–water partition coefficient (Wildman–Crippen LogP) is 0.258. The molecule has 0 saturated carbocycles. The topological polar surface area (TPSA) is 83.8 Å². The fraction of sp³-hybridized carbons (Fsp3) is 0.500. The number of nitrogens with two attached hydrogens (primary N) is 1. The Kier molecular flexibility index (Phi) is 3.02. The first-order valence-electron chi connectivity index (χ1n) is 4.24. The minimum absolute atomic E-state index is 0.228. The second kappa shape index (κ2) is 4.04. The summed E-state index contributed by atoms with van der Waals surface area (Å²) < 4.78 is 0. The van der Waals surface area contributed by atoms with Gasteiger partial charge >= 0.3 is 0 Å². The van der Waals surface area contributed by atoms with Crippen molar-refractivity contribution in [2.45, 2.75) is 26.3 Å². The number of hydrogen-bond donors (Lipinski definition) is 3. The minimum Gasteiger partial charge on any atom is -0.320 e. The summed E-state index contributed by atoms with van der Waals surface area (Å²) in [5, 5.41) is 9.28. The van der Waals surface area contributed by atoms with Crippen molar-refractivity contribution in [3.8, 4) is 0 Å². The Hall–Kier alpha value is -1.36. The molecule has 72 valence electrons. The third-order valence-electron chi connectivity index (χ3n) is 1.68. The third kappa shape index (κ3) is 2.55. The van der Waals surface area contributed by atoms with E-state index in [9.17, 15) is 4.79 Å². The number of nitrogens with zero attached hydrogens (tertiary/aromatic N) is 1. The normalized spacial score (nSPS) is 12.5. The van der Waals surface area contributed by atoms with Gasteiger partial charge in [-0.1, -0.05) is 6.92 Å². The fourth-order valence-corrected chi connectivity index (χ4v) is 0.847. The van der Waals surface area contributed by atoms with Crippen LogP contribution in [-0.2, 0) is 11.2 Å². The molecule has 0 saturated heterocycles. The van der Waals surface area contributed by atoms with Gasteiger partial charge in [0, 0.05) is 11.8 Å². The number of carbonyl (C=O) groups excluding carboxylic acids is 1. The Morgan fingerprint density at radius 1 is 1.85 bits per heavy atom. The van der Waals surface area contributed by atoms with E-state index in [0.29, 0.717) is 5.82 Å². The highest BCUT2D eigenvalue weighted by Crippen LogP contribution is 2.05. The van der Waals surface area contributed by atoms with E-state index in [2.05, 4.69) is 15.5 Å². The summed E-state index contributed by atoms with van der Waals surface area (Å²) in [5.41, 5.74) is 6.36. The molecule has 4 N–H and O–H groups in total. The zero-order valence-corrected chi connectivity index (χ0v) is 7.79. The van der Waals surface area contributed by atoms with Gasteiger partial charge in [0.15, 0.2) is 5.82 Å². The maximum Gasteiger partial charge on any atom is 0.242 e.